The van der Waals surface area contributed by atoms with Gasteiger partial charge in [0, 0.05) is 11.7 Å². The summed E-state index contributed by atoms with van der Waals surface area (Å²) < 4.78 is 2.11. The minimum atomic E-state index is 0.0349. The molecule has 0 spiro atoms. The average molecular weight is 232 g/mol. The third kappa shape index (κ3) is 1.68. The summed E-state index contributed by atoms with van der Waals surface area (Å²) in [6, 6.07) is 3.85. The number of pyridine rings is 1. The van der Waals surface area contributed by atoms with Crippen LogP contribution in [0, 0.1) is 0 Å². The summed E-state index contributed by atoms with van der Waals surface area (Å²) in [6.45, 7) is 6.59. The van der Waals surface area contributed by atoms with Gasteiger partial charge in [0.2, 0.25) is 5.95 Å². The van der Waals surface area contributed by atoms with E-state index in [0.717, 1.165) is 30.4 Å². The van der Waals surface area contributed by atoms with Gasteiger partial charge in [0.25, 0.3) is 0 Å². The molecule has 2 heterocycles. The van der Waals surface area contributed by atoms with Crippen LogP contribution in [0.2, 0.25) is 0 Å². The van der Waals surface area contributed by atoms with E-state index >= 15 is 0 Å². The molecule has 0 saturated carbocycles. The van der Waals surface area contributed by atoms with Gasteiger partial charge >= 0.3 is 0 Å². The molecule has 0 unspecified atom stereocenters. The smallest absolute Gasteiger partial charge is 0.202 e. The molecule has 17 heavy (non-hydrogen) atoms. The van der Waals surface area contributed by atoms with Crippen LogP contribution >= 0.6 is 0 Å². The van der Waals surface area contributed by atoms with Crippen molar-refractivity contribution in [3.8, 4) is 0 Å². The van der Waals surface area contributed by atoms with E-state index in [9.17, 15) is 0 Å². The molecule has 2 rings (SSSR count). The number of nitrogens with zero attached hydrogens (tertiary/aromatic N) is 3. The van der Waals surface area contributed by atoms with Gasteiger partial charge in [0.15, 0.2) is 5.65 Å². The highest BCUT2D eigenvalue weighted by atomic mass is 15.2. The van der Waals surface area contributed by atoms with Crippen molar-refractivity contribution in [2.24, 2.45) is 0 Å². The molecular weight excluding hydrogens is 212 g/mol. The molecular formula is C13H20N4. The molecule has 2 aromatic rings. The predicted molar refractivity (Wildman–Crippen MR) is 70.8 cm³/mol. The molecule has 2 N–H and O–H groups in total. The Morgan fingerprint density at radius 1 is 1.24 bits per heavy atom. The fourth-order valence-corrected chi connectivity index (χ4v) is 2.62. The van der Waals surface area contributed by atoms with Crippen molar-refractivity contribution >= 4 is 17.1 Å². The standard InChI is InChI=1S/C13H20N4/c1-4-13(5-2,6-3)17-11-10(16-12(17)14)8-7-9-15-11/h7-9H,4-6H2,1-3H3,(H2,14,16). The van der Waals surface area contributed by atoms with Gasteiger partial charge in [-0.05, 0) is 31.4 Å². The van der Waals surface area contributed by atoms with Crippen molar-refractivity contribution in [1.29, 1.82) is 0 Å². The first-order valence-corrected chi connectivity index (χ1v) is 6.28. The molecule has 0 aliphatic carbocycles. The zero-order valence-corrected chi connectivity index (χ0v) is 10.8. The number of hydrogen-bond donors (Lipinski definition) is 1. The van der Waals surface area contributed by atoms with Crippen LogP contribution in [0.25, 0.3) is 11.2 Å². The van der Waals surface area contributed by atoms with E-state index in [2.05, 4.69) is 35.3 Å². The summed E-state index contributed by atoms with van der Waals surface area (Å²) in [5.41, 5.74) is 7.89. The Labute approximate surface area is 102 Å². The molecule has 0 saturated heterocycles. The Bertz CT molecular complexity index is 503. The number of rotatable bonds is 4. The van der Waals surface area contributed by atoms with Gasteiger partial charge in [-0.1, -0.05) is 20.8 Å². The lowest BCUT2D eigenvalue weighted by Crippen LogP contribution is -2.32. The van der Waals surface area contributed by atoms with Gasteiger partial charge in [-0.2, -0.15) is 0 Å². The largest absolute Gasteiger partial charge is 0.369 e. The summed E-state index contributed by atoms with van der Waals surface area (Å²) in [5, 5.41) is 0. The molecule has 0 aliphatic rings. The molecule has 0 fully saturated rings. The molecule has 0 atom stereocenters. The maximum Gasteiger partial charge on any atom is 0.202 e. The molecule has 2 aromatic heterocycles. The van der Waals surface area contributed by atoms with Gasteiger partial charge < -0.3 is 5.73 Å². The first-order valence-electron chi connectivity index (χ1n) is 6.28. The van der Waals surface area contributed by atoms with Gasteiger partial charge in [0.05, 0.1) is 0 Å². The van der Waals surface area contributed by atoms with Crippen LogP contribution in [0.15, 0.2) is 18.3 Å². The molecule has 4 heteroatoms. The number of nitrogens with two attached hydrogens (primary N) is 1. The predicted octanol–water partition coefficient (Wildman–Crippen LogP) is 2.94. The Balaban J connectivity index is 2.72. The molecule has 0 aliphatic heterocycles. The van der Waals surface area contributed by atoms with Crippen LogP contribution in [0.3, 0.4) is 0 Å². The molecule has 0 aromatic carbocycles. The number of hydrogen-bond acceptors (Lipinski definition) is 3. The van der Waals surface area contributed by atoms with Crippen LogP contribution < -0.4 is 5.73 Å². The number of nitrogen functional groups attached to an aromatic ring is 1. The highest BCUT2D eigenvalue weighted by Crippen LogP contribution is 2.34. The van der Waals surface area contributed by atoms with Crippen LogP contribution in [-0.4, -0.2) is 14.5 Å². The summed E-state index contributed by atoms with van der Waals surface area (Å²) in [5.74, 6) is 0.573. The average Bonchev–Trinajstić information content (AvgIpc) is 2.70. The zero-order valence-electron chi connectivity index (χ0n) is 10.8. The highest BCUT2D eigenvalue weighted by molar-refractivity contribution is 5.74. The molecule has 4 nitrogen and oxygen atoms in total. The van der Waals surface area contributed by atoms with E-state index in [1.165, 1.54) is 0 Å². The third-order valence-electron chi connectivity index (χ3n) is 3.89. The van der Waals surface area contributed by atoms with Crippen LogP contribution in [0.1, 0.15) is 40.0 Å². The van der Waals surface area contributed by atoms with Crippen molar-refractivity contribution < 1.29 is 0 Å². The fraction of sp³-hybridized carbons (Fsp3) is 0.538. The Morgan fingerprint density at radius 3 is 2.47 bits per heavy atom. The molecule has 0 bridgehead atoms. The van der Waals surface area contributed by atoms with Crippen LogP contribution in [-0.2, 0) is 5.54 Å². The van der Waals surface area contributed by atoms with Gasteiger partial charge in [-0.25, -0.2) is 9.97 Å². The van der Waals surface area contributed by atoms with E-state index in [1.54, 1.807) is 6.20 Å². The van der Waals surface area contributed by atoms with Crippen molar-refractivity contribution in [1.82, 2.24) is 14.5 Å². The second kappa shape index (κ2) is 4.35. The second-order valence-corrected chi connectivity index (χ2v) is 4.44. The second-order valence-electron chi connectivity index (χ2n) is 4.44. The molecule has 0 amide bonds. The summed E-state index contributed by atoms with van der Waals surface area (Å²) in [4.78, 5) is 8.83. The Morgan fingerprint density at radius 2 is 1.88 bits per heavy atom. The Hall–Kier alpha value is -1.58. The quantitative estimate of drug-likeness (QED) is 0.881. The van der Waals surface area contributed by atoms with E-state index in [4.69, 9.17) is 5.73 Å². The summed E-state index contributed by atoms with van der Waals surface area (Å²) in [7, 11) is 0. The monoisotopic (exact) mass is 232 g/mol. The van der Waals surface area contributed by atoms with Crippen molar-refractivity contribution in [2.75, 3.05) is 5.73 Å². The normalized spacial score (nSPS) is 12.2. The van der Waals surface area contributed by atoms with Crippen molar-refractivity contribution in [3.05, 3.63) is 18.3 Å². The number of fused-ring (bicyclic) bond motifs is 1. The van der Waals surface area contributed by atoms with Crippen LogP contribution in [0.5, 0.6) is 0 Å². The minimum Gasteiger partial charge on any atom is -0.369 e. The lowest BCUT2D eigenvalue weighted by Gasteiger charge is -2.33. The summed E-state index contributed by atoms with van der Waals surface area (Å²) in [6.07, 6.45) is 4.90. The highest BCUT2D eigenvalue weighted by Gasteiger charge is 2.30. The van der Waals surface area contributed by atoms with E-state index in [1.807, 2.05) is 12.1 Å². The lowest BCUT2D eigenvalue weighted by molar-refractivity contribution is 0.261. The third-order valence-corrected chi connectivity index (χ3v) is 3.89. The minimum absolute atomic E-state index is 0.0349. The SMILES string of the molecule is CCC(CC)(CC)n1c(N)nc2cccnc21. The zero-order chi connectivity index (χ0) is 12.5. The van der Waals surface area contributed by atoms with Gasteiger partial charge in [-0.3, -0.25) is 4.57 Å². The topological polar surface area (TPSA) is 56.7 Å². The fourth-order valence-electron chi connectivity index (χ4n) is 2.62. The van der Waals surface area contributed by atoms with Crippen molar-refractivity contribution in [2.45, 2.75) is 45.6 Å². The number of aromatic nitrogens is 3. The molecule has 92 valence electrons. The maximum atomic E-state index is 6.08. The first kappa shape index (κ1) is 11.9. The maximum absolute atomic E-state index is 6.08. The first-order chi connectivity index (χ1) is 8.18. The van der Waals surface area contributed by atoms with E-state index in [-0.39, 0.29) is 5.54 Å². The van der Waals surface area contributed by atoms with E-state index < -0.39 is 0 Å². The molecule has 0 radical (unpaired) electrons. The van der Waals surface area contributed by atoms with Gasteiger partial charge in [0.1, 0.15) is 5.52 Å². The Kier molecular flexibility index (Phi) is 3.05. The lowest BCUT2D eigenvalue weighted by atomic mass is 9.89. The van der Waals surface area contributed by atoms with Gasteiger partial charge in [-0.15, -0.1) is 0 Å². The van der Waals surface area contributed by atoms with Crippen molar-refractivity contribution in [3.63, 3.8) is 0 Å². The number of anilines is 1. The van der Waals surface area contributed by atoms with Crippen LogP contribution in [0.4, 0.5) is 5.95 Å². The summed E-state index contributed by atoms with van der Waals surface area (Å²) >= 11 is 0. The number of imidazole rings is 1. The van der Waals surface area contributed by atoms with E-state index in [0.29, 0.717) is 5.95 Å².